The summed E-state index contributed by atoms with van der Waals surface area (Å²) in [5.41, 5.74) is -0.742. The Kier molecular flexibility index (Phi) is 2.71. The molecule has 0 saturated carbocycles. The summed E-state index contributed by atoms with van der Waals surface area (Å²) in [5, 5.41) is 9.20. The first-order valence-corrected chi connectivity index (χ1v) is 4.64. The lowest BCUT2D eigenvalue weighted by atomic mass is 10.0. The van der Waals surface area contributed by atoms with E-state index in [9.17, 15) is 18.3 Å². The molecule has 3 nitrogen and oxygen atoms in total. The molecule has 0 spiro atoms. The van der Waals surface area contributed by atoms with Crippen LogP contribution in [0.2, 0.25) is 0 Å². The minimum absolute atomic E-state index is 0.108. The maximum atomic E-state index is 12.7. The summed E-state index contributed by atoms with van der Waals surface area (Å²) in [5.74, 6) is -0.195. The molecule has 0 aromatic carbocycles. The van der Waals surface area contributed by atoms with Gasteiger partial charge in [0.25, 0.3) is 0 Å². The fraction of sp³-hybridized carbons (Fsp3) is 0.0909. The first kappa shape index (κ1) is 11.4. The second-order valence-electron chi connectivity index (χ2n) is 3.35. The number of pyridine rings is 2. The van der Waals surface area contributed by atoms with Gasteiger partial charge in [-0.25, -0.2) is 0 Å². The van der Waals surface area contributed by atoms with Gasteiger partial charge in [0.15, 0.2) is 0 Å². The van der Waals surface area contributed by atoms with E-state index >= 15 is 0 Å². The van der Waals surface area contributed by atoms with E-state index in [0.29, 0.717) is 0 Å². The van der Waals surface area contributed by atoms with E-state index in [1.165, 1.54) is 12.3 Å². The highest BCUT2D eigenvalue weighted by atomic mass is 19.4. The maximum absolute atomic E-state index is 12.7. The summed E-state index contributed by atoms with van der Waals surface area (Å²) in [6.45, 7) is 0. The zero-order chi connectivity index (χ0) is 12.5. The van der Waals surface area contributed by atoms with Crippen LogP contribution in [0.3, 0.4) is 0 Å². The van der Waals surface area contributed by atoms with Crippen molar-refractivity contribution in [1.82, 2.24) is 9.97 Å². The van der Waals surface area contributed by atoms with E-state index < -0.39 is 11.7 Å². The molecule has 6 heteroatoms. The van der Waals surface area contributed by atoms with Crippen LogP contribution in [0.4, 0.5) is 13.2 Å². The zero-order valence-electron chi connectivity index (χ0n) is 8.44. The third-order valence-corrected chi connectivity index (χ3v) is 2.16. The van der Waals surface area contributed by atoms with Gasteiger partial charge in [-0.1, -0.05) is 0 Å². The standard InChI is InChI=1S/C11H7F3N2O/c12-11(13,14)10-1-2-15-6-9(10)7-3-8(17)5-16-4-7/h1-6,17H. The molecule has 17 heavy (non-hydrogen) atoms. The lowest BCUT2D eigenvalue weighted by Gasteiger charge is -2.11. The van der Waals surface area contributed by atoms with Crippen molar-refractivity contribution in [1.29, 1.82) is 0 Å². The quantitative estimate of drug-likeness (QED) is 0.833. The molecule has 2 rings (SSSR count). The summed E-state index contributed by atoms with van der Waals surface area (Å²) in [6.07, 6.45) is 0.0880. The highest BCUT2D eigenvalue weighted by Gasteiger charge is 2.33. The third kappa shape index (κ3) is 2.35. The molecule has 2 heterocycles. The third-order valence-electron chi connectivity index (χ3n) is 2.16. The summed E-state index contributed by atoms with van der Waals surface area (Å²) in [7, 11) is 0. The molecule has 0 fully saturated rings. The van der Waals surface area contributed by atoms with E-state index in [2.05, 4.69) is 9.97 Å². The van der Waals surface area contributed by atoms with Crippen LogP contribution < -0.4 is 0 Å². The summed E-state index contributed by atoms with van der Waals surface area (Å²) < 4.78 is 38.2. The van der Waals surface area contributed by atoms with E-state index in [0.717, 1.165) is 24.7 Å². The Hall–Kier alpha value is -2.11. The van der Waals surface area contributed by atoms with Gasteiger partial charge in [-0.3, -0.25) is 9.97 Å². The van der Waals surface area contributed by atoms with Crippen LogP contribution >= 0.6 is 0 Å². The largest absolute Gasteiger partial charge is 0.506 e. The van der Waals surface area contributed by atoms with Crippen LogP contribution in [0.15, 0.2) is 36.9 Å². The smallest absolute Gasteiger partial charge is 0.417 e. The Morgan fingerprint density at radius 1 is 1.06 bits per heavy atom. The van der Waals surface area contributed by atoms with Crippen molar-refractivity contribution < 1.29 is 18.3 Å². The lowest BCUT2D eigenvalue weighted by molar-refractivity contribution is -0.137. The fourth-order valence-electron chi connectivity index (χ4n) is 1.45. The number of rotatable bonds is 1. The molecule has 0 saturated heterocycles. The molecule has 0 aliphatic carbocycles. The number of alkyl halides is 3. The van der Waals surface area contributed by atoms with Crippen LogP contribution in [0, 0.1) is 0 Å². The van der Waals surface area contributed by atoms with Crippen LogP contribution in [-0.2, 0) is 6.18 Å². The monoisotopic (exact) mass is 240 g/mol. The van der Waals surface area contributed by atoms with E-state index in [1.54, 1.807) is 0 Å². The Bertz CT molecular complexity index is 540. The molecule has 1 N–H and O–H groups in total. The Morgan fingerprint density at radius 3 is 2.47 bits per heavy atom. The maximum Gasteiger partial charge on any atom is 0.417 e. The van der Waals surface area contributed by atoms with Gasteiger partial charge in [0, 0.05) is 29.7 Å². The normalized spacial score (nSPS) is 11.5. The average molecular weight is 240 g/mol. The molecule has 0 aliphatic rings. The van der Waals surface area contributed by atoms with E-state index in [1.807, 2.05) is 0 Å². The summed E-state index contributed by atoms with van der Waals surface area (Å²) >= 11 is 0. The average Bonchev–Trinajstić information content (AvgIpc) is 2.28. The zero-order valence-corrected chi connectivity index (χ0v) is 8.44. The minimum atomic E-state index is -4.47. The van der Waals surface area contributed by atoms with Gasteiger partial charge < -0.3 is 5.11 Å². The van der Waals surface area contributed by atoms with Crippen LogP contribution in [0.1, 0.15) is 5.56 Å². The number of hydrogen-bond donors (Lipinski definition) is 1. The van der Waals surface area contributed by atoms with Gasteiger partial charge in [0.2, 0.25) is 0 Å². The fourth-order valence-corrected chi connectivity index (χ4v) is 1.45. The number of hydrogen-bond acceptors (Lipinski definition) is 3. The van der Waals surface area contributed by atoms with Crippen molar-refractivity contribution >= 4 is 0 Å². The van der Waals surface area contributed by atoms with Crippen molar-refractivity contribution in [3.63, 3.8) is 0 Å². The van der Waals surface area contributed by atoms with Gasteiger partial charge in [-0.15, -0.1) is 0 Å². The van der Waals surface area contributed by atoms with Gasteiger partial charge in [0.05, 0.1) is 11.8 Å². The van der Waals surface area contributed by atoms with Gasteiger partial charge >= 0.3 is 6.18 Å². The van der Waals surface area contributed by atoms with Crippen molar-refractivity contribution in [3.8, 4) is 16.9 Å². The Morgan fingerprint density at radius 2 is 1.82 bits per heavy atom. The molecule has 0 unspecified atom stereocenters. The van der Waals surface area contributed by atoms with Gasteiger partial charge in [-0.2, -0.15) is 13.2 Å². The van der Waals surface area contributed by atoms with Gasteiger partial charge in [0.1, 0.15) is 5.75 Å². The number of aromatic nitrogens is 2. The van der Waals surface area contributed by atoms with E-state index in [-0.39, 0.29) is 16.9 Å². The van der Waals surface area contributed by atoms with Crippen LogP contribution in [0.5, 0.6) is 5.75 Å². The Labute approximate surface area is 94.6 Å². The van der Waals surface area contributed by atoms with Crippen molar-refractivity contribution in [2.45, 2.75) is 6.18 Å². The summed E-state index contributed by atoms with van der Waals surface area (Å²) in [4.78, 5) is 7.29. The minimum Gasteiger partial charge on any atom is -0.506 e. The summed E-state index contributed by atoms with van der Waals surface area (Å²) in [6, 6.07) is 2.10. The molecule has 2 aromatic rings. The predicted octanol–water partition coefficient (Wildman–Crippen LogP) is 2.87. The second-order valence-corrected chi connectivity index (χ2v) is 3.35. The first-order chi connectivity index (χ1) is 7.98. The van der Waals surface area contributed by atoms with E-state index in [4.69, 9.17) is 0 Å². The lowest BCUT2D eigenvalue weighted by Crippen LogP contribution is -2.07. The molecular weight excluding hydrogens is 233 g/mol. The Balaban J connectivity index is 2.60. The van der Waals surface area contributed by atoms with Gasteiger partial charge in [-0.05, 0) is 12.1 Å². The molecule has 88 valence electrons. The molecule has 0 aliphatic heterocycles. The topological polar surface area (TPSA) is 46.0 Å². The predicted molar refractivity (Wildman–Crippen MR) is 54.1 cm³/mol. The molecule has 0 radical (unpaired) electrons. The second kappa shape index (κ2) is 4.04. The number of nitrogens with zero attached hydrogens (tertiary/aromatic N) is 2. The molecule has 2 aromatic heterocycles. The van der Waals surface area contributed by atoms with Crippen molar-refractivity contribution in [2.24, 2.45) is 0 Å². The van der Waals surface area contributed by atoms with Crippen molar-refractivity contribution in [2.75, 3.05) is 0 Å². The molecule has 0 bridgehead atoms. The number of halogens is 3. The van der Waals surface area contributed by atoms with Crippen LogP contribution in [0.25, 0.3) is 11.1 Å². The van der Waals surface area contributed by atoms with Crippen molar-refractivity contribution in [3.05, 3.63) is 42.5 Å². The number of aromatic hydroxyl groups is 1. The molecule has 0 atom stereocenters. The van der Waals surface area contributed by atoms with Crippen LogP contribution in [-0.4, -0.2) is 15.1 Å². The highest BCUT2D eigenvalue weighted by Crippen LogP contribution is 2.36. The first-order valence-electron chi connectivity index (χ1n) is 4.64. The molecular formula is C11H7F3N2O. The SMILES string of the molecule is Oc1cncc(-c2cnccc2C(F)(F)F)c1. The highest BCUT2D eigenvalue weighted by molar-refractivity contribution is 5.67. The molecule has 0 amide bonds.